The normalized spacial score (nSPS) is 14.2. The maximum Gasteiger partial charge on any atom is 0.363 e. The van der Waals surface area contributed by atoms with Crippen LogP contribution >= 0.6 is 34.2 Å². The molecule has 0 unspecified atom stereocenters. The van der Waals surface area contributed by atoms with Crippen LogP contribution in [0.4, 0.5) is 5.69 Å². The zero-order valence-corrected chi connectivity index (χ0v) is 19.8. The van der Waals surface area contributed by atoms with Gasteiger partial charge in [0.1, 0.15) is 0 Å². The minimum atomic E-state index is -0.741. The smallest absolute Gasteiger partial charge is 0.363 e. The van der Waals surface area contributed by atoms with Gasteiger partial charge in [0.15, 0.2) is 17.2 Å². The summed E-state index contributed by atoms with van der Waals surface area (Å²) < 4.78 is 16.5. The average molecular weight is 571 g/mol. The number of cyclic esters (lactones) is 1. The summed E-state index contributed by atoms with van der Waals surface area (Å²) in [5.41, 5.74) is 0.427. The summed E-state index contributed by atoms with van der Waals surface area (Å²) in [6.45, 7) is 1.87. The highest BCUT2D eigenvalue weighted by Crippen LogP contribution is 2.35. The van der Waals surface area contributed by atoms with Crippen LogP contribution in [0.5, 0.6) is 11.5 Å². The summed E-state index contributed by atoms with van der Waals surface area (Å²) in [4.78, 5) is 38.8. The number of nitrogens with zero attached hydrogens (tertiary/aromatic N) is 2. The number of ether oxygens (including phenoxy) is 3. The first kappa shape index (κ1) is 23.7. The lowest BCUT2D eigenvalue weighted by molar-refractivity contribution is -0.384. The first-order valence-corrected chi connectivity index (χ1v) is 10.7. The molecule has 9 nitrogen and oxygen atoms in total. The van der Waals surface area contributed by atoms with Crippen LogP contribution in [-0.4, -0.2) is 29.9 Å². The Balaban J connectivity index is 1.96. The van der Waals surface area contributed by atoms with Crippen LogP contribution in [0, 0.1) is 13.7 Å². The molecule has 0 aromatic heterocycles. The molecule has 0 saturated carbocycles. The minimum Gasteiger partial charge on any atom is -0.493 e. The second-order valence-corrected chi connectivity index (χ2v) is 8.08. The van der Waals surface area contributed by atoms with Crippen molar-refractivity contribution < 1.29 is 28.7 Å². The standard InChI is InChI=1S/C21H16ClIN2O7/c1-3-4-18(26)31-19-15(23)7-11(9-17(19)30-2)8-16-21(27)32-20(24-16)13-10-12(25(28)29)5-6-14(13)22/h5-10H,3-4H2,1-2H3/b16-8-. The highest BCUT2D eigenvalue weighted by atomic mass is 127. The van der Waals surface area contributed by atoms with E-state index in [1.807, 2.05) is 29.5 Å². The predicted molar refractivity (Wildman–Crippen MR) is 125 cm³/mol. The molecule has 166 valence electrons. The van der Waals surface area contributed by atoms with Crippen LogP contribution in [0.2, 0.25) is 5.02 Å². The van der Waals surface area contributed by atoms with Gasteiger partial charge in [-0.3, -0.25) is 14.9 Å². The molecule has 0 spiro atoms. The summed E-state index contributed by atoms with van der Waals surface area (Å²) in [5, 5.41) is 11.2. The Hall–Kier alpha value is -2.99. The van der Waals surface area contributed by atoms with Gasteiger partial charge in [0.05, 0.1) is 26.2 Å². The molecule has 0 saturated heterocycles. The number of esters is 2. The van der Waals surface area contributed by atoms with Gasteiger partial charge < -0.3 is 14.2 Å². The van der Waals surface area contributed by atoms with Crippen molar-refractivity contribution in [1.82, 2.24) is 0 Å². The molecule has 0 amide bonds. The molecule has 0 aliphatic carbocycles. The van der Waals surface area contributed by atoms with Gasteiger partial charge in [-0.05, 0) is 58.9 Å². The number of aliphatic imine (C=N–C) groups is 1. The fourth-order valence-electron chi connectivity index (χ4n) is 2.76. The van der Waals surface area contributed by atoms with Gasteiger partial charge in [0.2, 0.25) is 5.90 Å². The lowest BCUT2D eigenvalue weighted by Crippen LogP contribution is -2.09. The van der Waals surface area contributed by atoms with E-state index in [4.69, 9.17) is 25.8 Å². The van der Waals surface area contributed by atoms with E-state index in [0.29, 0.717) is 21.3 Å². The van der Waals surface area contributed by atoms with Crippen LogP contribution in [0.25, 0.3) is 6.08 Å². The summed E-state index contributed by atoms with van der Waals surface area (Å²) in [6.07, 6.45) is 2.39. The fourth-order valence-corrected chi connectivity index (χ4v) is 3.70. The van der Waals surface area contributed by atoms with Crippen molar-refractivity contribution in [2.75, 3.05) is 7.11 Å². The van der Waals surface area contributed by atoms with Crippen LogP contribution in [0.15, 0.2) is 41.0 Å². The average Bonchev–Trinajstić information content (AvgIpc) is 3.10. The van der Waals surface area contributed by atoms with Crippen molar-refractivity contribution in [1.29, 1.82) is 0 Å². The number of methoxy groups -OCH3 is 1. The lowest BCUT2D eigenvalue weighted by atomic mass is 10.1. The molecule has 32 heavy (non-hydrogen) atoms. The van der Waals surface area contributed by atoms with E-state index in [1.165, 1.54) is 31.4 Å². The third kappa shape index (κ3) is 5.25. The maximum atomic E-state index is 12.3. The summed E-state index contributed by atoms with van der Waals surface area (Å²) in [7, 11) is 1.43. The summed E-state index contributed by atoms with van der Waals surface area (Å²) >= 11 is 8.10. The topological polar surface area (TPSA) is 117 Å². The van der Waals surface area contributed by atoms with Crippen molar-refractivity contribution in [2.24, 2.45) is 4.99 Å². The molecular weight excluding hydrogens is 555 g/mol. The number of nitro groups is 1. The Bertz CT molecular complexity index is 1180. The third-order valence-electron chi connectivity index (χ3n) is 4.24. The molecule has 0 N–H and O–H groups in total. The van der Waals surface area contributed by atoms with Gasteiger partial charge in [-0.1, -0.05) is 18.5 Å². The highest BCUT2D eigenvalue weighted by molar-refractivity contribution is 14.1. The SMILES string of the molecule is CCCC(=O)Oc1c(I)cc(/C=C2\N=C(c3cc([N+](=O)[O-])ccc3Cl)OC2=O)cc1OC. The molecule has 0 radical (unpaired) electrons. The second kappa shape index (κ2) is 10.1. The van der Waals surface area contributed by atoms with Crippen molar-refractivity contribution in [3.8, 4) is 11.5 Å². The Kier molecular flexibility index (Phi) is 7.46. The number of hydrogen-bond acceptors (Lipinski definition) is 8. The molecule has 2 aromatic carbocycles. The number of carbonyl (C=O) groups excluding carboxylic acids is 2. The van der Waals surface area contributed by atoms with Crippen LogP contribution in [0.3, 0.4) is 0 Å². The van der Waals surface area contributed by atoms with E-state index < -0.39 is 10.9 Å². The van der Waals surface area contributed by atoms with Gasteiger partial charge in [0.25, 0.3) is 5.69 Å². The first-order chi connectivity index (χ1) is 15.2. The fraction of sp³-hybridized carbons (Fsp3) is 0.190. The summed E-state index contributed by atoms with van der Waals surface area (Å²) in [6, 6.07) is 7.03. The van der Waals surface area contributed by atoms with E-state index >= 15 is 0 Å². The van der Waals surface area contributed by atoms with Crippen molar-refractivity contribution in [3.05, 3.63) is 65.9 Å². The Morgan fingerprint density at radius 3 is 2.75 bits per heavy atom. The maximum absolute atomic E-state index is 12.3. The molecule has 1 aliphatic rings. The molecule has 1 heterocycles. The quantitative estimate of drug-likeness (QED) is 0.116. The van der Waals surface area contributed by atoms with Crippen LogP contribution in [0.1, 0.15) is 30.9 Å². The lowest BCUT2D eigenvalue weighted by Gasteiger charge is -2.12. The van der Waals surface area contributed by atoms with Gasteiger partial charge in [-0.25, -0.2) is 9.79 Å². The third-order valence-corrected chi connectivity index (χ3v) is 5.37. The van der Waals surface area contributed by atoms with Crippen molar-refractivity contribution in [2.45, 2.75) is 19.8 Å². The number of benzene rings is 2. The van der Waals surface area contributed by atoms with E-state index in [9.17, 15) is 19.7 Å². The monoisotopic (exact) mass is 570 g/mol. The van der Waals surface area contributed by atoms with Crippen LogP contribution < -0.4 is 9.47 Å². The van der Waals surface area contributed by atoms with Gasteiger partial charge in [-0.2, -0.15) is 0 Å². The predicted octanol–water partition coefficient (Wildman–Crippen LogP) is 4.91. The zero-order valence-electron chi connectivity index (χ0n) is 16.9. The van der Waals surface area contributed by atoms with Gasteiger partial charge in [-0.15, -0.1) is 0 Å². The number of non-ortho nitro benzene ring substituents is 1. The summed E-state index contributed by atoms with van der Waals surface area (Å²) in [5.74, 6) is -0.658. The number of hydrogen-bond donors (Lipinski definition) is 0. The van der Waals surface area contributed by atoms with Gasteiger partial charge >= 0.3 is 11.9 Å². The second-order valence-electron chi connectivity index (χ2n) is 6.52. The van der Waals surface area contributed by atoms with E-state index in [2.05, 4.69) is 4.99 Å². The molecule has 1 aliphatic heterocycles. The van der Waals surface area contributed by atoms with E-state index in [-0.39, 0.29) is 46.0 Å². The van der Waals surface area contributed by atoms with Gasteiger partial charge in [0, 0.05) is 18.6 Å². The van der Waals surface area contributed by atoms with Crippen molar-refractivity contribution in [3.63, 3.8) is 0 Å². The van der Waals surface area contributed by atoms with E-state index in [0.717, 1.165) is 0 Å². The van der Waals surface area contributed by atoms with E-state index in [1.54, 1.807) is 12.1 Å². The number of nitro benzene ring substituents is 1. The largest absolute Gasteiger partial charge is 0.493 e. The Labute approximate surface area is 201 Å². The Morgan fingerprint density at radius 2 is 2.09 bits per heavy atom. The molecule has 0 bridgehead atoms. The van der Waals surface area contributed by atoms with Crippen molar-refractivity contribution >= 4 is 63.8 Å². The Morgan fingerprint density at radius 1 is 1.34 bits per heavy atom. The zero-order chi connectivity index (χ0) is 23.4. The minimum absolute atomic E-state index is 0.0313. The first-order valence-electron chi connectivity index (χ1n) is 9.28. The number of halogens is 2. The van der Waals surface area contributed by atoms with Crippen LogP contribution in [-0.2, 0) is 14.3 Å². The molecule has 2 aromatic rings. The number of carbonyl (C=O) groups is 2. The molecule has 0 fully saturated rings. The molecule has 0 atom stereocenters. The highest BCUT2D eigenvalue weighted by Gasteiger charge is 2.27. The molecule has 3 rings (SSSR count). The molecule has 11 heteroatoms. The number of rotatable bonds is 7. The molecular formula is C21H16ClIN2O7.